The van der Waals surface area contributed by atoms with E-state index in [0.717, 1.165) is 15.7 Å². The van der Waals surface area contributed by atoms with Gasteiger partial charge in [-0.1, -0.05) is 6.92 Å². The number of rotatable bonds is 2. The molecule has 0 saturated heterocycles. The van der Waals surface area contributed by atoms with Gasteiger partial charge in [-0.15, -0.1) is 0 Å². The van der Waals surface area contributed by atoms with Crippen molar-refractivity contribution in [3.05, 3.63) is 38.2 Å². The summed E-state index contributed by atoms with van der Waals surface area (Å²) in [6.45, 7) is 3.97. The van der Waals surface area contributed by atoms with Crippen LogP contribution < -0.4 is 15.0 Å². The number of nitrogens with zero attached hydrogens (tertiary/aromatic N) is 1. The molecule has 1 aliphatic rings. The summed E-state index contributed by atoms with van der Waals surface area (Å²) >= 11 is 3.44. The fourth-order valence-corrected chi connectivity index (χ4v) is 2.72. The summed E-state index contributed by atoms with van der Waals surface area (Å²) in [4.78, 5) is 19.3. The Hall–Kier alpha value is -1.82. The Bertz CT molecular complexity index is 740. The van der Waals surface area contributed by atoms with E-state index < -0.39 is 0 Å². The molecule has 0 amide bonds. The van der Waals surface area contributed by atoms with Gasteiger partial charge in [0, 0.05) is 11.1 Å². The first-order chi connectivity index (χ1) is 9.60. The quantitative estimate of drug-likeness (QED) is 0.915. The van der Waals surface area contributed by atoms with Gasteiger partial charge in [0.1, 0.15) is 5.82 Å². The molecule has 3 rings (SSSR count). The summed E-state index contributed by atoms with van der Waals surface area (Å²) in [5.41, 5.74) is 2.14. The Morgan fingerprint density at radius 3 is 2.95 bits per heavy atom. The number of aromatic amines is 1. The standard InChI is InChI=1S/C14H13BrN2O3/c1-3-10-7(2)14(18)17-13(16-10)8-4-9(15)12-11(5-8)19-6-20-12/h4-5H,3,6H2,1-2H3,(H,16,17,18). The Labute approximate surface area is 124 Å². The van der Waals surface area contributed by atoms with Gasteiger partial charge in [0.25, 0.3) is 5.56 Å². The molecule has 1 aromatic carbocycles. The highest BCUT2D eigenvalue weighted by Crippen LogP contribution is 2.41. The van der Waals surface area contributed by atoms with E-state index in [1.807, 2.05) is 19.1 Å². The summed E-state index contributed by atoms with van der Waals surface area (Å²) in [7, 11) is 0. The zero-order chi connectivity index (χ0) is 14.3. The van der Waals surface area contributed by atoms with Crippen LogP contribution in [0.1, 0.15) is 18.2 Å². The van der Waals surface area contributed by atoms with Gasteiger partial charge in [0.15, 0.2) is 11.5 Å². The van der Waals surface area contributed by atoms with Crippen molar-refractivity contribution in [2.45, 2.75) is 20.3 Å². The van der Waals surface area contributed by atoms with Gasteiger partial charge in [-0.05, 0) is 41.4 Å². The second-order valence-corrected chi connectivity index (χ2v) is 5.39. The van der Waals surface area contributed by atoms with Gasteiger partial charge < -0.3 is 14.5 Å². The van der Waals surface area contributed by atoms with Gasteiger partial charge in [0.2, 0.25) is 6.79 Å². The van der Waals surface area contributed by atoms with Crippen LogP contribution in [-0.2, 0) is 6.42 Å². The number of nitrogens with one attached hydrogen (secondary N) is 1. The fourth-order valence-electron chi connectivity index (χ4n) is 2.16. The highest BCUT2D eigenvalue weighted by molar-refractivity contribution is 9.10. The molecule has 0 saturated carbocycles. The molecule has 20 heavy (non-hydrogen) atoms. The largest absolute Gasteiger partial charge is 0.454 e. The smallest absolute Gasteiger partial charge is 0.254 e. The summed E-state index contributed by atoms with van der Waals surface area (Å²) in [5, 5.41) is 0. The number of ether oxygens (including phenoxy) is 2. The third-order valence-corrected chi connectivity index (χ3v) is 3.88. The summed E-state index contributed by atoms with van der Waals surface area (Å²) < 4.78 is 11.5. The van der Waals surface area contributed by atoms with Crippen molar-refractivity contribution in [3.8, 4) is 22.9 Å². The van der Waals surface area contributed by atoms with Crippen LogP contribution in [-0.4, -0.2) is 16.8 Å². The Morgan fingerprint density at radius 1 is 1.40 bits per heavy atom. The van der Waals surface area contributed by atoms with Crippen molar-refractivity contribution >= 4 is 15.9 Å². The molecule has 2 heterocycles. The van der Waals surface area contributed by atoms with Gasteiger partial charge in [-0.2, -0.15) is 0 Å². The number of aryl methyl sites for hydroxylation is 1. The van der Waals surface area contributed by atoms with Crippen LogP contribution in [0.4, 0.5) is 0 Å². The van der Waals surface area contributed by atoms with E-state index in [0.29, 0.717) is 29.3 Å². The van der Waals surface area contributed by atoms with Crippen molar-refractivity contribution in [1.82, 2.24) is 9.97 Å². The van der Waals surface area contributed by atoms with Crippen LogP contribution in [0.15, 0.2) is 21.4 Å². The van der Waals surface area contributed by atoms with Crippen molar-refractivity contribution in [2.75, 3.05) is 6.79 Å². The highest BCUT2D eigenvalue weighted by Gasteiger charge is 2.19. The minimum atomic E-state index is -0.111. The Morgan fingerprint density at radius 2 is 2.20 bits per heavy atom. The maximum Gasteiger partial charge on any atom is 0.254 e. The van der Waals surface area contributed by atoms with Crippen LogP contribution in [0, 0.1) is 6.92 Å². The molecule has 0 aliphatic carbocycles. The maximum absolute atomic E-state index is 11.9. The molecule has 0 atom stereocenters. The third-order valence-electron chi connectivity index (χ3n) is 3.29. The van der Waals surface area contributed by atoms with Crippen LogP contribution in [0.3, 0.4) is 0 Å². The maximum atomic E-state index is 11.9. The Balaban J connectivity index is 2.17. The molecular weight excluding hydrogens is 324 g/mol. The minimum absolute atomic E-state index is 0.111. The van der Waals surface area contributed by atoms with E-state index in [2.05, 4.69) is 25.9 Å². The zero-order valence-electron chi connectivity index (χ0n) is 11.1. The second kappa shape index (κ2) is 4.94. The monoisotopic (exact) mass is 336 g/mol. The van der Waals surface area contributed by atoms with Crippen LogP contribution in [0.2, 0.25) is 0 Å². The van der Waals surface area contributed by atoms with Crippen LogP contribution in [0.25, 0.3) is 11.4 Å². The fraction of sp³-hybridized carbons (Fsp3) is 0.286. The lowest BCUT2D eigenvalue weighted by Crippen LogP contribution is -2.15. The lowest BCUT2D eigenvalue weighted by atomic mass is 10.1. The average Bonchev–Trinajstić information content (AvgIpc) is 2.90. The molecule has 2 aromatic rings. The van der Waals surface area contributed by atoms with Gasteiger partial charge >= 0.3 is 0 Å². The predicted octanol–water partition coefficient (Wildman–Crippen LogP) is 2.80. The molecule has 0 unspecified atom stereocenters. The number of benzene rings is 1. The lowest BCUT2D eigenvalue weighted by Gasteiger charge is -2.08. The zero-order valence-corrected chi connectivity index (χ0v) is 12.7. The molecule has 5 nitrogen and oxygen atoms in total. The van der Waals surface area contributed by atoms with Crippen molar-refractivity contribution in [3.63, 3.8) is 0 Å². The summed E-state index contributed by atoms with van der Waals surface area (Å²) in [5.74, 6) is 1.87. The van der Waals surface area contributed by atoms with Crippen molar-refractivity contribution in [2.24, 2.45) is 0 Å². The molecule has 0 fully saturated rings. The lowest BCUT2D eigenvalue weighted by molar-refractivity contribution is 0.173. The van der Waals surface area contributed by atoms with Gasteiger partial charge in [-0.25, -0.2) is 4.98 Å². The molecule has 1 N–H and O–H groups in total. The van der Waals surface area contributed by atoms with Crippen LogP contribution >= 0.6 is 15.9 Å². The number of halogens is 1. The topological polar surface area (TPSA) is 64.2 Å². The number of hydrogen-bond donors (Lipinski definition) is 1. The normalized spacial score (nSPS) is 12.8. The average molecular weight is 337 g/mol. The second-order valence-electron chi connectivity index (χ2n) is 4.53. The molecule has 0 radical (unpaired) electrons. The van der Waals surface area contributed by atoms with E-state index in [1.165, 1.54) is 0 Å². The van der Waals surface area contributed by atoms with Gasteiger partial charge in [0.05, 0.1) is 10.2 Å². The van der Waals surface area contributed by atoms with Crippen molar-refractivity contribution < 1.29 is 9.47 Å². The summed E-state index contributed by atoms with van der Waals surface area (Å²) in [6.07, 6.45) is 0.717. The van der Waals surface area contributed by atoms with Crippen molar-refractivity contribution in [1.29, 1.82) is 0 Å². The molecule has 1 aromatic heterocycles. The highest BCUT2D eigenvalue weighted by atomic mass is 79.9. The predicted molar refractivity (Wildman–Crippen MR) is 78.2 cm³/mol. The number of hydrogen-bond acceptors (Lipinski definition) is 4. The van der Waals surface area contributed by atoms with E-state index >= 15 is 0 Å². The third kappa shape index (κ3) is 2.10. The van der Waals surface area contributed by atoms with E-state index in [9.17, 15) is 4.79 Å². The first-order valence-electron chi connectivity index (χ1n) is 6.29. The molecular formula is C14H13BrN2O3. The minimum Gasteiger partial charge on any atom is -0.454 e. The van der Waals surface area contributed by atoms with E-state index in [1.54, 1.807) is 6.92 Å². The SMILES string of the molecule is CCc1nc(-c2cc(Br)c3c(c2)OCO3)[nH]c(=O)c1C. The van der Waals surface area contributed by atoms with Crippen LogP contribution in [0.5, 0.6) is 11.5 Å². The molecule has 104 valence electrons. The molecule has 1 aliphatic heterocycles. The van der Waals surface area contributed by atoms with E-state index in [-0.39, 0.29) is 12.4 Å². The molecule has 0 bridgehead atoms. The number of fused-ring (bicyclic) bond motifs is 1. The number of H-pyrrole nitrogens is 1. The number of aromatic nitrogens is 2. The summed E-state index contributed by atoms with van der Waals surface area (Å²) in [6, 6.07) is 3.68. The van der Waals surface area contributed by atoms with Gasteiger partial charge in [-0.3, -0.25) is 4.79 Å². The first-order valence-corrected chi connectivity index (χ1v) is 7.08. The Kier molecular flexibility index (Phi) is 3.25. The molecule has 6 heteroatoms. The van der Waals surface area contributed by atoms with E-state index in [4.69, 9.17) is 9.47 Å². The molecule has 0 spiro atoms. The first kappa shape index (κ1) is 13.2.